The van der Waals surface area contributed by atoms with Gasteiger partial charge < -0.3 is 10.2 Å². The fraction of sp³-hybridized carbons (Fsp3) is 0.353. The summed E-state index contributed by atoms with van der Waals surface area (Å²) in [5.74, 6) is -0.251. The number of hydrogen-bond acceptors (Lipinski definition) is 5. The molecule has 7 heteroatoms. The number of amides is 1. The molecule has 0 fully saturated rings. The van der Waals surface area contributed by atoms with Crippen molar-refractivity contribution < 1.29 is 9.59 Å². The molecule has 0 aliphatic carbocycles. The first kappa shape index (κ1) is 17.1. The number of hydrogen-bond donors (Lipinski definition) is 1. The normalized spacial score (nSPS) is 14.2. The fourth-order valence-electron chi connectivity index (χ4n) is 2.57. The molecule has 0 bridgehead atoms. The van der Waals surface area contributed by atoms with Gasteiger partial charge in [-0.25, -0.2) is 4.98 Å². The van der Waals surface area contributed by atoms with E-state index in [1.165, 1.54) is 16.2 Å². The molecule has 2 heterocycles. The number of Topliss-reactive ketones (excluding diaryl/α,β-unsaturated/α-hetero) is 1. The van der Waals surface area contributed by atoms with E-state index in [1.807, 2.05) is 0 Å². The van der Waals surface area contributed by atoms with Gasteiger partial charge in [-0.1, -0.05) is 11.6 Å². The van der Waals surface area contributed by atoms with Gasteiger partial charge in [0.25, 0.3) is 0 Å². The van der Waals surface area contributed by atoms with E-state index < -0.39 is 0 Å². The number of aromatic nitrogens is 1. The maximum absolute atomic E-state index is 12.1. The third kappa shape index (κ3) is 4.20. The second kappa shape index (κ2) is 7.42. The third-order valence-electron chi connectivity index (χ3n) is 3.91. The number of nitrogens with zero attached hydrogens (tertiary/aromatic N) is 2. The number of nitrogens with one attached hydrogen (secondary N) is 1. The molecule has 0 saturated heterocycles. The fourth-order valence-corrected chi connectivity index (χ4v) is 3.80. The van der Waals surface area contributed by atoms with Gasteiger partial charge in [0.1, 0.15) is 0 Å². The van der Waals surface area contributed by atoms with Gasteiger partial charge >= 0.3 is 0 Å². The van der Waals surface area contributed by atoms with Crippen molar-refractivity contribution in [3.63, 3.8) is 0 Å². The van der Waals surface area contributed by atoms with Crippen LogP contribution in [-0.2, 0) is 17.8 Å². The summed E-state index contributed by atoms with van der Waals surface area (Å²) in [5, 5.41) is 4.02. The van der Waals surface area contributed by atoms with Crippen molar-refractivity contribution in [3.8, 4) is 0 Å². The van der Waals surface area contributed by atoms with Gasteiger partial charge in [-0.2, -0.15) is 0 Å². The predicted molar refractivity (Wildman–Crippen MR) is 95.8 cm³/mol. The number of halogens is 1. The first-order valence-corrected chi connectivity index (χ1v) is 8.96. The van der Waals surface area contributed by atoms with E-state index in [1.54, 1.807) is 24.3 Å². The number of benzene rings is 1. The second-order valence-corrected chi connectivity index (χ2v) is 7.37. The predicted octanol–water partition coefficient (Wildman–Crippen LogP) is 3.39. The number of ketones is 1. The Labute approximate surface area is 149 Å². The maximum Gasteiger partial charge on any atom is 0.226 e. The zero-order valence-electron chi connectivity index (χ0n) is 13.3. The van der Waals surface area contributed by atoms with Gasteiger partial charge in [-0.15, -0.1) is 11.3 Å². The van der Waals surface area contributed by atoms with Crippen LogP contribution in [0.1, 0.15) is 33.8 Å². The van der Waals surface area contributed by atoms with Crippen molar-refractivity contribution in [1.29, 1.82) is 0 Å². The smallest absolute Gasteiger partial charge is 0.226 e. The summed E-state index contributed by atoms with van der Waals surface area (Å²) in [4.78, 5) is 32.0. The highest BCUT2D eigenvalue weighted by atomic mass is 35.5. The zero-order chi connectivity index (χ0) is 17.1. The Bertz CT molecular complexity index is 758. The van der Waals surface area contributed by atoms with E-state index >= 15 is 0 Å². The van der Waals surface area contributed by atoms with Crippen LogP contribution in [0.5, 0.6) is 0 Å². The summed E-state index contributed by atoms with van der Waals surface area (Å²) >= 11 is 7.32. The average molecular weight is 364 g/mol. The number of carbonyl (C=O) groups excluding carboxylic acids is 2. The monoisotopic (exact) mass is 363 g/mol. The van der Waals surface area contributed by atoms with Gasteiger partial charge in [0, 0.05) is 47.8 Å². The van der Waals surface area contributed by atoms with Crippen LogP contribution < -0.4 is 5.32 Å². The van der Waals surface area contributed by atoms with Crippen LogP contribution in [0.15, 0.2) is 24.3 Å². The second-order valence-electron chi connectivity index (χ2n) is 5.85. The summed E-state index contributed by atoms with van der Waals surface area (Å²) < 4.78 is 0. The standard InChI is InChI=1S/C17H18ClN3O2S/c1-21-9-8-13-15(10-21)24-17(19-13)20-16(23)7-6-14(22)11-2-4-12(18)5-3-11/h2-5H,6-10H2,1H3,(H,19,20,23). The molecule has 126 valence electrons. The van der Waals surface area contributed by atoms with Crippen LogP contribution in [0.4, 0.5) is 5.13 Å². The Morgan fingerprint density at radius 2 is 2.04 bits per heavy atom. The molecule has 0 unspecified atom stereocenters. The van der Waals surface area contributed by atoms with E-state index in [-0.39, 0.29) is 24.5 Å². The molecule has 2 aromatic rings. The van der Waals surface area contributed by atoms with Gasteiger partial charge in [0.05, 0.1) is 5.69 Å². The summed E-state index contributed by atoms with van der Waals surface area (Å²) in [5.41, 5.74) is 1.64. The summed E-state index contributed by atoms with van der Waals surface area (Å²) in [6.07, 6.45) is 1.22. The lowest BCUT2D eigenvalue weighted by Crippen LogP contribution is -2.25. The highest BCUT2D eigenvalue weighted by molar-refractivity contribution is 7.15. The molecule has 1 amide bonds. The van der Waals surface area contributed by atoms with Crippen molar-refractivity contribution in [2.45, 2.75) is 25.8 Å². The SMILES string of the molecule is CN1CCc2nc(NC(=O)CCC(=O)c3ccc(Cl)cc3)sc2C1. The minimum absolute atomic E-state index is 0.0677. The van der Waals surface area contributed by atoms with Crippen LogP contribution in [-0.4, -0.2) is 35.2 Å². The van der Waals surface area contributed by atoms with Crippen molar-refractivity contribution in [1.82, 2.24) is 9.88 Å². The lowest BCUT2D eigenvalue weighted by molar-refractivity contribution is -0.116. The van der Waals surface area contributed by atoms with Gasteiger partial charge in [-0.05, 0) is 31.3 Å². The number of carbonyl (C=O) groups is 2. The highest BCUT2D eigenvalue weighted by Crippen LogP contribution is 2.27. The number of likely N-dealkylation sites (N-methyl/N-ethyl adjacent to an activating group) is 1. The topological polar surface area (TPSA) is 62.3 Å². The minimum atomic E-state index is -0.184. The zero-order valence-corrected chi connectivity index (χ0v) is 14.9. The Morgan fingerprint density at radius 3 is 2.79 bits per heavy atom. The lowest BCUT2D eigenvalue weighted by Gasteiger charge is -2.20. The molecule has 0 atom stereocenters. The molecule has 5 nitrogen and oxygen atoms in total. The molecular weight excluding hydrogens is 346 g/mol. The van der Waals surface area contributed by atoms with E-state index in [0.29, 0.717) is 15.7 Å². The molecule has 0 radical (unpaired) electrons. The number of rotatable bonds is 5. The average Bonchev–Trinajstić information content (AvgIpc) is 2.94. The Kier molecular flexibility index (Phi) is 5.28. The van der Waals surface area contributed by atoms with E-state index in [4.69, 9.17) is 11.6 Å². The van der Waals surface area contributed by atoms with Crippen molar-refractivity contribution >= 4 is 39.8 Å². The van der Waals surface area contributed by atoms with Crippen molar-refractivity contribution in [3.05, 3.63) is 45.4 Å². The number of anilines is 1. The largest absolute Gasteiger partial charge is 0.302 e. The van der Waals surface area contributed by atoms with E-state index in [9.17, 15) is 9.59 Å². The maximum atomic E-state index is 12.1. The molecular formula is C17H18ClN3O2S. The first-order chi connectivity index (χ1) is 11.5. The molecule has 1 aromatic carbocycles. The Morgan fingerprint density at radius 1 is 1.29 bits per heavy atom. The summed E-state index contributed by atoms with van der Waals surface area (Å²) in [7, 11) is 2.07. The highest BCUT2D eigenvalue weighted by Gasteiger charge is 2.19. The summed E-state index contributed by atoms with van der Waals surface area (Å²) in [6.45, 7) is 1.86. The van der Waals surface area contributed by atoms with Crippen molar-refractivity contribution in [2.75, 3.05) is 18.9 Å². The first-order valence-electron chi connectivity index (χ1n) is 7.77. The van der Waals surface area contributed by atoms with Crippen LogP contribution in [0.25, 0.3) is 0 Å². The molecule has 1 aliphatic rings. The van der Waals surface area contributed by atoms with Gasteiger partial charge in [-0.3, -0.25) is 9.59 Å². The number of fused-ring (bicyclic) bond motifs is 1. The lowest BCUT2D eigenvalue weighted by atomic mass is 10.1. The van der Waals surface area contributed by atoms with E-state index in [2.05, 4.69) is 22.2 Å². The van der Waals surface area contributed by atoms with Crippen LogP contribution in [0.2, 0.25) is 5.02 Å². The van der Waals surface area contributed by atoms with Crippen LogP contribution in [0.3, 0.4) is 0 Å². The van der Waals surface area contributed by atoms with Crippen molar-refractivity contribution in [2.24, 2.45) is 0 Å². The molecule has 0 spiro atoms. The van der Waals surface area contributed by atoms with Crippen LogP contribution in [0, 0.1) is 0 Å². The number of thiazole rings is 1. The Balaban J connectivity index is 1.52. The van der Waals surface area contributed by atoms with Gasteiger partial charge in [0.2, 0.25) is 5.91 Å². The summed E-state index contributed by atoms with van der Waals surface area (Å²) in [6, 6.07) is 6.69. The third-order valence-corrected chi connectivity index (χ3v) is 5.16. The molecule has 0 saturated carbocycles. The molecule has 1 N–H and O–H groups in total. The van der Waals surface area contributed by atoms with Crippen LogP contribution >= 0.6 is 22.9 Å². The molecule has 1 aromatic heterocycles. The quantitative estimate of drug-likeness (QED) is 0.827. The molecule has 24 heavy (non-hydrogen) atoms. The minimum Gasteiger partial charge on any atom is -0.302 e. The molecule has 1 aliphatic heterocycles. The van der Waals surface area contributed by atoms with Gasteiger partial charge in [0.15, 0.2) is 10.9 Å². The van der Waals surface area contributed by atoms with E-state index in [0.717, 1.165) is 25.2 Å². The Hall–Kier alpha value is -1.76. The molecule has 3 rings (SSSR count).